The molecule has 1 saturated heterocycles. The predicted molar refractivity (Wildman–Crippen MR) is 84.9 cm³/mol. The molecule has 1 unspecified atom stereocenters. The Labute approximate surface area is 144 Å². The van der Waals surface area contributed by atoms with Gasteiger partial charge in [-0.25, -0.2) is 4.98 Å². The number of alkyl halides is 3. The maximum atomic E-state index is 12.6. The SMILES string of the molecule is CN(C)C1CCCN(C(=O)CCc2ncc(Cl)n2CC(F)(F)F)C1. The fourth-order valence-electron chi connectivity index (χ4n) is 2.92. The Bertz CT molecular complexity index is 574. The fraction of sp³-hybridized carbons (Fsp3) is 0.733. The molecule has 5 nitrogen and oxygen atoms in total. The molecular formula is C15H22ClF3N4O. The van der Waals surface area contributed by atoms with Crippen LogP contribution in [0.1, 0.15) is 25.1 Å². The van der Waals surface area contributed by atoms with Gasteiger partial charge in [-0.3, -0.25) is 4.79 Å². The molecule has 136 valence electrons. The molecule has 1 aromatic rings. The molecule has 9 heteroatoms. The van der Waals surface area contributed by atoms with E-state index in [9.17, 15) is 18.0 Å². The van der Waals surface area contributed by atoms with E-state index in [4.69, 9.17) is 11.6 Å². The molecule has 0 saturated carbocycles. The zero-order valence-electron chi connectivity index (χ0n) is 13.8. The highest BCUT2D eigenvalue weighted by molar-refractivity contribution is 6.29. The van der Waals surface area contributed by atoms with E-state index < -0.39 is 12.7 Å². The quantitative estimate of drug-likeness (QED) is 0.804. The van der Waals surface area contributed by atoms with Crippen LogP contribution in [-0.4, -0.2) is 64.7 Å². The van der Waals surface area contributed by atoms with Crippen LogP contribution in [0.25, 0.3) is 0 Å². The van der Waals surface area contributed by atoms with E-state index in [1.165, 1.54) is 6.20 Å². The number of halogens is 4. The van der Waals surface area contributed by atoms with Gasteiger partial charge in [-0.15, -0.1) is 0 Å². The van der Waals surface area contributed by atoms with Gasteiger partial charge in [0.2, 0.25) is 5.91 Å². The smallest absolute Gasteiger partial charge is 0.341 e. The molecule has 0 aromatic carbocycles. The second-order valence-corrected chi connectivity index (χ2v) is 6.69. The van der Waals surface area contributed by atoms with Crippen LogP contribution in [0.2, 0.25) is 5.15 Å². The van der Waals surface area contributed by atoms with Crippen molar-refractivity contribution in [1.82, 2.24) is 19.4 Å². The van der Waals surface area contributed by atoms with E-state index in [2.05, 4.69) is 9.88 Å². The van der Waals surface area contributed by atoms with Crippen LogP contribution >= 0.6 is 11.6 Å². The minimum Gasteiger partial charge on any atom is -0.341 e. The number of nitrogens with zero attached hydrogens (tertiary/aromatic N) is 4. The summed E-state index contributed by atoms with van der Waals surface area (Å²) < 4.78 is 38.7. The lowest BCUT2D eigenvalue weighted by Crippen LogP contribution is -2.47. The van der Waals surface area contributed by atoms with Gasteiger partial charge in [-0.2, -0.15) is 13.2 Å². The van der Waals surface area contributed by atoms with Crippen molar-refractivity contribution in [3.8, 4) is 0 Å². The number of aryl methyl sites for hydroxylation is 1. The number of aromatic nitrogens is 2. The van der Waals surface area contributed by atoms with Gasteiger partial charge in [0.05, 0.1) is 6.20 Å². The molecule has 0 N–H and O–H groups in total. The third-order valence-electron chi connectivity index (χ3n) is 4.27. The summed E-state index contributed by atoms with van der Waals surface area (Å²) in [4.78, 5) is 20.1. The van der Waals surface area contributed by atoms with Gasteiger partial charge in [-0.1, -0.05) is 11.6 Å². The first kappa shape index (κ1) is 19.1. The predicted octanol–water partition coefficient (Wildman–Crippen LogP) is 2.58. The molecule has 24 heavy (non-hydrogen) atoms. The van der Waals surface area contributed by atoms with Crippen LogP contribution < -0.4 is 0 Å². The molecule has 1 amide bonds. The number of amides is 1. The lowest BCUT2D eigenvalue weighted by Gasteiger charge is -2.36. The minimum absolute atomic E-state index is 0.0563. The van der Waals surface area contributed by atoms with Crippen molar-refractivity contribution in [2.45, 2.75) is 44.4 Å². The van der Waals surface area contributed by atoms with Crippen molar-refractivity contribution < 1.29 is 18.0 Å². The Hall–Kier alpha value is -1.28. The summed E-state index contributed by atoms with van der Waals surface area (Å²) in [5.41, 5.74) is 0. The summed E-state index contributed by atoms with van der Waals surface area (Å²) in [6.07, 6.45) is -0.938. The molecule has 1 fully saturated rings. The summed E-state index contributed by atoms with van der Waals surface area (Å²) in [5, 5.41) is -0.0691. The molecule has 0 aliphatic carbocycles. The number of likely N-dealkylation sites (tertiary alicyclic amines) is 1. The number of hydrogen-bond acceptors (Lipinski definition) is 3. The van der Waals surface area contributed by atoms with Crippen LogP contribution in [0.5, 0.6) is 0 Å². The first-order valence-electron chi connectivity index (χ1n) is 7.88. The molecule has 0 spiro atoms. The molecule has 1 aliphatic heterocycles. The molecule has 1 aromatic heterocycles. The molecule has 0 bridgehead atoms. The summed E-state index contributed by atoms with van der Waals surface area (Å²) in [5.74, 6) is 0.131. The zero-order valence-corrected chi connectivity index (χ0v) is 14.6. The maximum absolute atomic E-state index is 12.6. The minimum atomic E-state index is -4.38. The summed E-state index contributed by atoms with van der Waals surface area (Å²) in [7, 11) is 3.96. The van der Waals surface area contributed by atoms with E-state index in [1.54, 1.807) is 4.90 Å². The number of likely N-dealkylation sites (N-methyl/N-ethyl adjacent to an activating group) is 1. The molecule has 0 radical (unpaired) electrons. The van der Waals surface area contributed by atoms with E-state index in [1.807, 2.05) is 14.1 Å². The summed E-state index contributed by atoms with van der Waals surface area (Å²) in [6, 6.07) is 0.323. The lowest BCUT2D eigenvalue weighted by atomic mass is 10.0. The van der Waals surface area contributed by atoms with Crippen molar-refractivity contribution in [1.29, 1.82) is 0 Å². The Balaban J connectivity index is 1.95. The summed E-state index contributed by atoms with van der Waals surface area (Å²) in [6.45, 7) is 0.159. The van der Waals surface area contributed by atoms with Crippen LogP contribution in [-0.2, 0) is 17.8 Å². The van der Waals surface area contributed by atoms with E-state index in [0.717, 1.165) is 17.4 Å². The van der Waals surface area contributed by atoms with Crippen LogP contribution in [0.15, 0.2) is 6.20 Å². The Morgan fingerprint density at radius 3 is 2.79 bits per heavy atom. The number of carbonyl (C=O) groups is 1. The molecular weight excluding hydrogens is 345 g/mol. The Kier molecular flexibility index (Phi) is 6.14. The van der Waals surface area contributed by atoms with Crippen molar-refractivity contribution in [2.75, 3.05) is 27.2 Å². The molecule has 2 rings (SSSR count). The average molecular weight is 367 g/mol. The largest absolute Gasteiger partial charge is 0.406 e. The lowest BCUT2D eigenvalue weighted by molar-refractivity contribution is -0.141. The van der Waals surface area contributed by atoms with E-state index in [-0.39, 0.29) is 29.7 Å². The number of hydrogen-bond donors (Lipinski definition) is 0. The first-order chi connectivity index (χ1) is 11.2. The van der Waals surface area contributed by atoms with Crippen molar-refractivity contribution in [3.63, 3.8) is 0 Å². The van der Waals surface area contributed by atoms with Gasteiger partial charge in [0, 0.05) is 32.0 Å². The number of carbonyl (C=O) groups excluding carboxylic acids is 1. The normalized spacial score (nSPS) is 19.1. The van der Waals surface area contributed by atoms with Gasteiger partial charge >= 0.3 is 6.18 Å². The number of piperidine rings is 1. The van der Waals surface area contributed by atoms with Crippen LogP contribution in [0.4, 0.5) is 13.2 Å². The monoisotopic (exact) mass is 366 g/mol. The molecule has 1 atom stereocenters. The van der Waals surface area contributed by atoms with Gasteiger partial charge in [0.15, 0.2) is 0 Å². The standard InChI is InChI=1S/C15H22ClF3N4O/c1-21(2)11-4-3-7-22(9-11)14(24)6-5-13-20-8-12(16)23(13)10-15(17,18)19/h8,11H,3-7,9-10H2,1-2H3. The Morgan fingerprint density at radius 2 is 2.17 bits per heavy atom. The topological polar surface area (TPSA) is 41.4 Å². The molecule has 1 aliphatic rings. The third kappa shape index (κ3) is 5.11. The van der Waals surface area contributed by atoms with Gasteiger partial charge in [0.25, 0.3) is 0 Å². The van der Waals surface area contributed by atoms with E-state index >= 15 is 0 Å². The van der Waals surface area contributed by atoms with Gasteiger partial charge < -0.3 is 14.4 Å². The van der Waals surface area contributed by atoms with Crippen molar-refractivity contribution in [3.05, 3.63) is 17.2 Å². The second-order valence-electron chi connectivity index (χ2n) is 6.30. The van der Waals surface area contributed by atoms with Gasteiger partial charge in [0.1, 0.15) is 17.5 Å². The maximum Gasteiger partial charge on any atom is 0.406 e. The highest BCUT2D eigenvalue weighted by Gasteiger charge is 2.30. The second kappa shape index (κ2) is 7.74. The fourth-order valence-corrected chi connectivity index (χ4v) is 3.12. The van der Waals surface area contributed by atoms with Crippen molar-refractivity contribution >= 4 is 17.5 Å². The zero-order chi connectivity index (χ0) is 17.9. The van der Waals surface area contributed by atoms with Crippen molar-refractivity contribution in [2.24, 2.45) is 0 Å². The third-order valence-corrected chi connectivity index (χ3v) is 4.57. The first-order valence-corrected chi connectivity index (χ1v) is 8.26. The van der Waals surface area contributed by atoms with Crippen LogP contribution in [0.3, 0.4) is 0 Å². The highest BCUT2D eigenvalue weighted by atomic mass is 35.5. The van der Waals surface area contributed by atoms with E-state index in [0.29, 0.717) is 19.1 Å². The number of rotatable bonds is 5. The number of imidazole rings is 1. The Morgan fingerprint density at radius 1 is 1.46 bits per heavy atom. The average Bonchev–Trinajstić information content (AvgIpc) is 2.84. The molecule has 2 heterocycles. The van der Waals surface area contributed by atoms with Crippen LogP contribution in [0, 0.1) is 0 Å². The summed E-state index contributed by atoms with van der Waals surface area (Å²) >= 11 is 5.77. The van der Waals surface area contributed by atoms with Gasteiger partial charge in [-0.05, 0) is 26.9 Å². The highest BCUT2D eigenvalue weighted by Crippen LogP contribution is 2.23.